The molecule has 0 atom stereocenters. The van der Waals surface area contributed by atoms with Crippen LogP contribution in [0.25, 0.3) is 0 Å². The van der Waals surface area contributed by atoms with E-state index in [1.54, 1.807) is 30.2 Å². The summed E-state index contributed by atoms with van der Waals surface area (Å²) in [6.45, 7) is 4.24. The van der Waals surface area contributed by atoms with Crippen molar-refractivity contribution < 1.29 is 19.1 Å². The molecule has 2 amide bonds. The van der Waals surface area contributed by atoms with Crippen LogP contribution < -0.4 is 10.2 Å². The molecule has 2 heterocycles. The number of benzene rings is 1. The molecule has 0 aliphatic carbocycles. The summed E-state index contributed by atoms with van der Waals surface area (Å²) >= 11 is 2.57. The molecular formula is C22H23N3O4S2. The van der Waals surface area contributed by atoms with E-state index < -0.39 is 5.97 Å². The lowest BCUT2D eigenvalue weighted by Crippen LogP contribution is -2.34. The highest BCUT2D eigenvalue weighted by Crippen LogP contribution is 2.28. The Balaban J connectivity index is 1.74. The van der Waals surface area contributed by atoms with Crippen molar-refractivity contribution in [2.24, 2.45) is 0 Å². The van der Waals surface area contributed by atoms with Gasteiger partial charge in [-0.05, 0) is 30.9 Å². The monoisotopic (exact) mass is 457 g/mol. The number of nitrogens with one attached hydrogen (secondary N) is 1. The lowest BCUT2D eigenvalue weighted by atomic mass is 10.2. The topological polar surface area (TPSA) is 88.6 Å². The Morgan fingerprint density at radius 2 is 1.94 bits per heavy atom. The number of thiophene rings is 1. The van der Waals surface area contributed by atoms with E-state index in [1.807, 2.05) is 35.7 Å². The fourth-order valence-electron chi connectivity index (χ4n) is 2.83. The number of rotatable bonds is 9. The maximum absolute atomic E-state index is 13.1. The Kier molecular flexibility index (Phi) is 7.91. The third-order valence-corrected chi connectivity index (χ3v) is 6.21. The summed E-state index contributed by atoms with van der Waals surface area (Å²) in [5.74, 6) is -0.851. The number of hydrogen-bond acceptors (Lipinski definition) is 7. The smallest absolute Gasteiger partial charge is 0.350 e. The van der Waals surface area contributed by atoms with Gasteiger partial charge in [0.2, 0.25) is 5.91 Å². The van der Waals surface area contributed by atoms with Gasteiger partial charge in [0.05, 0.1) is 18.8 Å². The molecule has 7 nitrogen and oxygen atoms in total. The van der Waals surface area contributed by atoms with E-state index in [4.69, 9.17) is 4.74 Å². The third kappa shape index (κ3) is 5.99. The zero-order chi connectivity index (χ0) is 22.2. The molecular weight excluding hydrogens is 434 g/mol. The summed E-state index contributed by atoms with van der Waals surface area (Å²) < 4.78 is 5.09. The van der Waals surface area contributed by atoms with Gasteiger partial charge in [0.25, 0.3) is 5.91 Å². The second-order valence-electron chi connectivity index (χ2n) is 6.61. The normalized spacial score (nSPS) is 10.5. The molecule has 0 spiro atoms. The Hall–Kier alpha value is -3.04. The van der Waals surface area contributed by atoms with Crippen LogP contribution >= 0.6 is 22.7 Å². The lowest BCUT2D eigenvalue weighted by Gasteiger charge is -2.20. The molecule has 0 unspecified atom stereocenters. The molecule has 1 aromatic carbocycles. The summed E-state index contributed by atoms with van der Waals surface area (Å²) in [6, 6.07) is 11.3. The first-order valence-corrected chi connectivity index (χ1v) is 11.5. The molecule has 0 aliphatic rings. The zero-order valence-electron chi connectivity index (χ0n) is 17.3. The van der Waals surface area contributed by atoms with Gasteiger partial charge in [-0.15, -0.1) is 0 Å². The Bertz CT molecular complexity index is 1030. The summed E-state index contributed by atoms with van der Waals surface area (Å²) in [5, 5.41) is 6.78. The molecule has 0 fully saturated rings. The van der Waals surface area contributed by atoms with Gasteiger partial charge in [-0.2, -0.15) is 11.3 Å². The summed E-state index contributed by atoms with van der Waals surface area (Å²) in [6.07, 6.45) is 0.107. The number of carbonyl (C=O) groups is 3. The van der Waals surface area contributed by atoms with Crippen molar-refractivity contribution in [2.45, 2.75) is 26.8 Å². The number of aryl methyl sites for hydroxylation is 1. The molecule has 162 valence electrons. The zero-order valence-corrected chi connectivity index (χ0v) is 18.9. The third-order valence-electron chi connectivity index (χ3n) is 4.37. The van der Waals surface area contributed by atoms with E-state index in [-0.39, 0.29) is 31.4 Å². The molecule has 9 heteroatoms. The van der Waals surface area contributed by atoms with Crippen LogP contribution in [0.15, 0.2) is 47.2 Å². The number of nitrogens with zero attached hydrogens (tertiary/aromatic N) is 2. The Morgan fingerprint density at radius 3 is 2.61 bits per heavy atom. The number of amides is 2. The number of aromatic nitrogens is 1. The molecule has 0 bridgehead atoms. The second-order valence-corrected chi connectivity index (χ2v) is 8.37. The second kappa shape index (κ2) is 10.8. The summed E-state index contributed by atoms with van der Waals surface area (Å²) in [5.41, 5.74) is 2.03. The van der Waals surface area contributed by atoms with Crippen LogP contribution in [0.5, 0.6) is 0 Å². The van der Waals surface area contributed by atoms with Gasteiger partial charge >= 0.3 is 5.97 Å². The minimum atomic E-state index is -0.445. The number of anilines is 1. The quantitative estimate of drug-likeness (QED) is 0.490. The summed E-state index contributed by atoms with van der Waals surface area (Å²) in [4.78, 5) is 43.7. The largest absolute Gasteiger partial charge is 0.462 e. The van der Waals surface area contributed by atoms with Crippen molar-refractivity contribution in [1.82, 2.24) is 10.3 Å². The van der Waals surface area contributed by atoms with Crippen LogP contribution in [0.1, 0.15) is 44.6 Å². The van der Waals surface area contributed by atoms with E-state index in [0.717, 1.165) is 16.9 Å². The number of hydrogen-bond donors (Lipinski definition) is 1. The number of esters is 1. The minimum absolute atomic E-state index is 0.107. The van der Waals surface area contributed by atoms with E-state index in [0.29, 0.717) is 27.8 Å². The van der Waals surface area contributed by atoms with Gasteiger partial charge in [-0.3, -0.25) is 14.5 Å². The van der Waals surface area contributed by atoms with E-state index in [1.165, 1.54) is 11.3 Å². The van der Waals surface area contributed by atoms with Crippen molar-refractivity contribution in [2.75, 3.05) is 18.1 Å². The number of thiazole rings is 1. The van der Waals surface area contributed by atoms with Crippen LogP contribution in [0.4, 0.5) is 5.13 Å². The molecule has 0 saturated heterocycles. The predicted octanol–water partition coefficient (Wildman–Crippen LogP) is 4.04. The fraction of sp³-hybridized carbons (Fsp3) is 0.273. The van der Waals surface area contributed by atoms with Crippen LogP contribution in [-0.2, 0) is 16.1 Å². The van der Waals surface area contributed by atoms with Crippen molar-refractivity contribution in [3.8, 4) is 0 Å². The standard InChI is InChI=1S/C22H23N3O4S2/c1-3-29-21(28)19-15(2)24-22(31-19)25(13-16-7-5-4-6-8-16)18(26)9-11-23-20(27)17-10-12-30-14-17/h4-8,10,12,14H,3,9,11,13H2,1-2H3,(H,23,27). The Labute approximate surface area is 188 Å². The first kappa shape index (κ1) is 22.6. The van der Waals surface area contributed by atoms with Crippen LogP contribution in [0.3, 0.4) is 0 Å². The molecule has 31 heavy (non-hydrogen) atoms. The highest BCUT2D eigenvalue weighted by Gasteiger charge is 2.24. The van der Waals surface area contributed by atoms with Gasteiger partial charge in [0.15, 0.2) is 5.13 Å². The van der Waals surface area contributed by atoms with Gasteiger partial charge < -0.3 is 10.1 Å². The van der Waals surface area contributed by atoms with Crippen molar-refractivity contribution in [3.05, 3.63) is 68.9 Å². The van der Waals surface area contributed by atoms with Crippen molar-refractivity contribution >= 4 is 45.6 Å². The maximum Gasteiger partial charge on any atom is 0.350 e. The van der Waals surface area contributed by atoms with Crippen LogP contribution in [0, 0.1) is 6.92 Å². The first-order chi connectivity index (χ1) is 15.0. The van der Waals surface area contributed by atoms with E-state index >= 15 is 0 Å². The number of ether oxygens (including phenoxy) is 1. The predicted molar refractivity (Wildman–Crippen MR) is 122 cm³/mol. The van der Waals surface area contributed by atoms with E-state index in [2.05, 4.69) is 10.3 Å². The highest BCUT2D eigenvalue weighted by molar-refractivity contribution is 7.17. The first-order valence-electron chi connectivity index (χ1n) is 9.78. The van der Waals surface area contributed by atoms with Crippen molar-refractivity contribution in [1.29, 1.82) is 0 Å². The van der Waals surface area contributed by atoms with Gasteiger partial charge in [-0.25, -0.2) is 9.78 Å². The lowest BCUT2D eigenvalue weighted by molar-refractivity contribution is -0.118. The van der Waals surface area contributed by atoms with Crippen molar-refractivity contribution in [3.63, 3.8) is 0 Å². The van der Waals surface area contributed by atoms with Gasteiger partial charge in [0.1, 0.15) is 4.88 Å². The molecule has 3 rings (SSSR count). The molecule has 0 radical (unpaired) electrons. The average molecular weight is 458 g/mol. The Morgan fingerprint density at radius 1 is 1.16 bits per heavy atom. The summed E-state index contributed by atoms with van der Waals surface area (Å²) in [7, 11) is 0. The molecule has 0 aliphatic heterocycles. The SMILES string of the molecule is CCOC(=O)c1sc(N(Cc2ccccc2)C(=O)CCNC(=O)c2ccsc2)nc1C. The molecule has 2 aromatic heterocycles. The number of carbonyl (C=O) groups excluding carboxylic acids is 3. The maximum atomic E-state index is 13.1. The fourth-order valence-corrected chi connectivity index (χ4v) is 4.44. The molecule has 0 saturated carbocycles. The van der Waals surface area contributed by atoms with Gasteiger partial charge in [-0.1, -0.05) is 41.7 Å². The highest BCUT2D eigenvalue weighted by atomic mass is 32.1. The van der Waals surface area contributed by atoms with Crippen LogP contribution in [-0.4, -0.2) is 35.9 Å². The van der Waals surface area contributed by atoms with E-state index in [9.17, 15) is 14.4 Å². The van der Waals surface area contributed by atoms with Gasteiger partial charge in [0, 0.05) is 23.9 Å². The average Bonchev–Trinajstić information content (AvgIpc) is 3.43. The molecule has 1 N–H and O–H groups in total. The van der Waals surface area contributed by atoms with Crippen LogP contribution in [0.2, 0.25) is 0 Å². The molecule has 3 aromatic rings. The minimum Gasteiger partial charge on any atom is -0.462 e.